The lowest BCUT2D eigenvalue weighted by atomic mass is 10.2. The Morgan fingerprint density at radius 1 is 1.18 bits per heavy atom. The second-order valence-electron chi connectivity index (χ2n) is 3.65. The van der Waals surface area contributed by atoms with Crippen LogP contribution in [-0.2, 0) is 6.54 Å². The van der Waals surface area contributed by atoms with Crippen LogP contribution in [0, 0.1) is 0 Å². The molecule has 1 heterocycles. The Bertz CT molecular complexity index is 484. The van der Waals surface area contributed by atoms with E-state index in [1.807, 2.05) is 24.3 Å². The topological polar surface area (TPSA) is 32.3 Å². The Labute approximate surface area is 110 Å². The molecular formula is C13H14ClNOS. The van der Waals surface area contributed by atoms with Crippen molar-refractivity contribution < 1.29 is 5.11 Å². The van der Waals surface area contributed by atoms with Gasteiger partial charge in [-0.3, -0.25) is 0 Å². The molecule has 0 saturated carbocycles. The van der Waals surface area contributed by atoms with Gasteiger partial charge in [0.25, 0.3) is 0 Å². The molecule has 0 amide bonds. The maximum atomic E-state index is 8.69. The summed E-state index contributed by atoms with van der Waals surface area (Å²) in [5, 5.41) is 12.6. The van der Waals surface area contributed by atoms with Gasteiger partial charge in [0, 0.05) is 33.4 Å². The molecule has 2 nitrogen and oxygen atoms in total. The Hall–Kier alpha value is -0.870. The van der Waals surface area contributed by atoms with E-state index in [0.717, 1.165) is 17.1 Å². The summed E-state index contributed by atoms with van der Waals surface area (Å²) in [7, 11) is 0. The molecule has 0 spiro atoms. The van der Waals surface area contributed by atoms with Crippen molar-refractivity contribution in [2.24, 2.45) is 0 Å². The van der Waals surface area contributed by atoms with E-state index in [9.17, 15) is 0 Å². The molecule has 0 fully saturated rings. The van der Waals surface area contributed by atoms with Crippen molar-refractivity contribution in [2.75, 3.05) is 13.2 Å². The van der Waals surface area contributed by atoms with E-state index in [1.165, 1.54) is 9.75 Å². The van der Waals surface area contributed by atoms with E-state index >= 15 is 0 Å². The van der Waals surface area contributed by atoms with Gasteiger partial charge in [-0.25, -0.2) is 0 Å². The summed E-state index contributed by atoms with van der Waals surface area (Å²) in [5.74, 6) is 0. The summed E-state index contributed by atoms with van der Waals surface area (Å²) in [5.41, 5.74) is 1.08. The van der Waals surface area contributed by atoms with Gasteiger partial charge in [-0.1, -0.05) is 29.8 Å². The van der Waals surface area contributed by atoms with E-state index in [0.29, 0.717) is 6.54 Å². The highest BCUT2D eigenvalue weighted by Gasteiger charge is 2.05. The number of hydrogen-bond donors (Lipinski definition) is 2. The van der Waals surface area contributed by atoms with Gasteiger partial charge in [0.05, 0.1) is 6.61 Å². The average molecular weight is 268 g/mol. The molecule has 0 aliphatic carbocycles. The smallest absolute Gasteiger partial charge is 0.0556 e. The number of halogens is 1. The van der Waals surface area contributed by atoms with E-state index in [-0.39, 0.29) is 6.61 Å². The first kappa shape index (κ1) is 12.6. The molecule has 17 heavy (non-hydrogen) atoms. The minimum Gasteiger partial charge on any atom is -0.395 e. The van der Waals surface area contributed by atoms with Crippen LogP contribution in [0.3, 0.4) is 0 Å². The fraction of sp³-hybridized carbons (Fsp3) is 0.231. The normalized spacial score (nSPS) is 10.7. The van der Waals surface area contributed by atoms with Gasteiger partial charge in [0.2, 0.25) is 0 Å². The van der Waals surface area contributed by atoms with Crippen LogP contribution in [0.4, 0.5) is 0 Å². The number of aliphatic hydroxyl groups excluding tert-OH is 1. The molecule has 0 radical (unpaired) electrons. The number of aliphatic hydroxyl groups is 1. The van der Waals surface area contributed by atoms with Gasteiger partial charge in [-0.2, -0.15) is 0 Å². The number of hydrogen-bond acceptors (Lipinski definition) is 3. The van der Waals surface area contributed by atoms with E-state index in [2.05, 4.69) is 17.4 Å². The second kappa shape index (κ2) is 6.17. The molecule has 0 atom stereocenters. The third kappa shape index (κ3) is 3.30. The highest BCUT2D eigenvalue weighted by molar-refractivity contribution is 7.15. The summed E-state index contributed by atoms with van der Waals surface area (Å²) < 4.78 is 0. The van der Waals surface area contributed by atoms with Crippen molar-refractivity contribution in [1.29, 1.82) is 0 Å². The highest BCUT2D eigenvalue weighted by Crippen LogP contribution is 2.32. The lowest BCUT2D eigenvalue weighted by Crippen LogP contribution is -2.16. The Morgan fingerprint density at radius 3 is 2.76 bits per heavy atom. The Kier molecular flexibility index (Phi) is 4.57. The van der Waals surface area contributed by atoms with E-state index in [1.54, 1.807) is 11.3 Å². The first-order chi connectivity index (χ1) is 8.31. The monoisotopic (exact) mass is 267 g/mol. The van der Waals surface area contributed by atoms with Crippen LogP contribution in [-0.4, -0.2) is 18.3 Å². The second-order valence-corrected chi connectivity index (χ2v) is 5.22. The molecule has 0 saturated heterocycles. The third-order valence-electron chi connectivity index (χ3n) is 2.39. The highest BCUT2D eigenvalue weighted by atomic mass is 35.5. The van der Waals surface area contributed by atoms with Gasteiger partial charge in [-0.05, 0) is 18.2 Å². The summed E-state index contributed by atoms with van der Waals surface area (Å²) in [6.07, 6.45) is 0. The number of rotatable bonds is 5. The van der Waals surface area contributed by atoms with Gasteiger partial charge < -0.3 is 10.4 Å². The van der Waals surface area contributed by atoms with Crippen molar-refractivity contribution in [3.63, 3.8) is 0 Å². The molecule has 1 aromatic heterocycles. The molecular weight excluding hydrogens is 254 g/mol. The molecule has 0 aliphatic heterocycles. The fourth-order valence-electron chi connectivity index (χ4n) is 1.57. The molecule has 4 heteroatoms. The lowest BCUT2D eigenvalue weighted by molar-refractivity contribution is 0.292. The van der Waals surface area contributed by atoms with E-state index < -0.39 is 0 Å². The van der Waals surface area contributed by atoms with Crippen molar-refractivity contribution in [1.82, 2.24) is 5.32 Å². The van der Waals surface area contributed by atoms with Crippen LogP contribution in [0.2, 0.25) is 5.02 Å². The van der Waals surface area contributed by atoms with E-state index in [4.69, 9.17) is 16.7 Å². The molecule has 2 aromatic rings. The SMILES string of the molecule is OCCNCc1ccc(-c2ccccc2Cl)s1. The predicted molar refractivity (Wildman–Crippen MR) is 73.6 cm³/mol. The molecule has 2 rings (SSSR count). The average Bonchev–Trinajstić information content (AvgIpc) is 2.79. The zero-order valence-corrected chi connectivity index (χ0v) is 10.9. The molecule has 1 aromatic carbocycles. The number of nitrogens with one attached hydrogen (secondary N) is 1. The predicted octanol–water partition coefficient (Wildman–Crippen LogP) is 3.15. The van der Waals surface area contributed by atoms with Crippen molar-refractivity contribution >= 4 is 22.9 Å². The molecule has 2 N–H and O–H groups in total. The first-order valence-corrected chi connectivity index (χ1v) is 6.66. The Morgan fingerprint density at radius 2 is 2.00 bits per heavy atom. The number of thiophene rings is 1. The van der Waals surface area contributed by atoms with Gasteiger partial charge in [0.15, 0.2) is 0 Å². The first-order valence-electron chi connectivity index (χ1n) is 5.46. The minimum absolute atomic E-state index is 0.169. The summed E-state index contributed by atoms with van der Waals surface area (Å²) in [6, 6.07) is 12.0. The molecule has 0 bridgehead atoms. The third-order valence-corrected chi connectivity index (χ3v) is 3.84. The zero-order valence-electron chi connectivity index (χ0n) is 9.32. The van der Waals surface area contributed by atoms with Gasteiger partial charge in [-0.15, -0.1) is 11.3 Å². The van der Waals surface area contributed by atoms with Crippen LogP contribution in [0.15, 0.2) is 36.4 Å². The van der Waals surface area contributed by atoms with Crippen LogP contribution in [0.25, 0.3) is 10.4 Å². The standard InChI is InChI=1S/C13H14ClNOS/c14-12-4-2-1-3-11(12)13-6-5-10(17-13)9-15-7-8-16/h1-6,15-16H,7-9H2. The summed E-state index contributed by atoms with van der Waals surface area (Å²) in [6.45, 7) is 1.58. The summed E-state index contributed by atoms with van der Waals surface area (Å²) >= 11 is 7.87. The zero-order chi connectivity index (χ0) is 12.1. The number of benzene rings is 1. The lowest BCUT2D eigenvalue weighted by Gasteiger charge is -2.00. The van der Waals surface area contributed by atoms with Crippen LogP contribution < -0.4 is 5.32 Å². The maximum Gasteiger partial charge on any atom is 0.0556 e. The van der Waals surface area contributed by atoms with Crippen LogP contribution in [0.1, 0.15) is 4.88 Å². The minimum atomic E-state index is 0.169. The largest absolute Gasteiger partial charge is 0.395 e. The quantitative estimate of drug-likeness (QED) is 0.816. The van der Waals surface area contributed by atoms with Gasteiger partial charge >= 0.3 is 0 Å². The summed E-state index contributed by atoms with van der Waals surface area (Å²) in [4.78, 5) is 2.42. The molecule has 90 valence electrons. The van der Waals surface area contributed by atoms with Crippen molar-refractivity contribution in [3.05, 3.63) is 46.3 Å². The van der Waals surface area contributed by atoms with Crippen LogP contribution in [0.5, 0.6) is 0 Å². The van der Waals surface area contributed by atoms with Gasteiger partial charge in [0.1, 0.15) is 0 Å². The fourth-order valence-corrected chi connectivity index (χ4v) is 2.88. The molecule has 0 unspecified atom stereocenters. The Balaban J connectivity index is 2.10. The molecule has 0 aliphatic rings. The van der Waals surface area contributed by atoms with Crippen LogP contribution >= 0.6 is 22.9 Å². The maximum absolute atomic E-state index is 8.69. The van der Waals surface area contributed by atoms with Crippen molar-refractivity contribution in [3.8, 4) is 10.4 Å². The van der Waals surface area contributed by atoms with Crippen molar-refractivity contribution in [2.45, 2.75) is 6.54 Å².